The Morgan fingerprint density at radius 3 is 2.29 bits per heavy atom. The summed E-state index contributed by atoms with van der Waals surface area (Å²) in [6.07, 6.45) is -10.5. The first-order valence-electron chi connectivity index (χ1n) is 12.3. The molecule has 1 saturated heterocycles. The standard InChI is InChI=1S/C26H21F8N5O2/c1-13(35-18-5-3-2-4-15(18)22(40)41)16-10-14(25(29,30)31)11-17-20(16)37-23(38-8-6-24(27,28)7-9-38)39-12-19(26(32,33)34)36-21(17)39/h2-5,10-13,35H,6-9H2,1H3,(H,40,41). The number of rotatable bonds is 5. The van der Waals surface area contributed by atoms with Crippen molar-refractivity contribution in [3.05, 3.63) is 65.0 Å². The molecule has 41 heavy (non-hydrogen) atoms. The molecule has 0 aliphatic carbocycles. The Labute approximate surface area is 226 Å². The van der Waals surface area contributed by atoms with Gasteiger partial charge in [0.1, 0.15) is 5.65 Å². The van der Waals surface area contributed by atoms with Crippen LogP contribution in [0.3, 0.4) is 0 Å². The normalized spacial score (nSPS) is 16.8. The summed E-state index contributed by atoms with van der Waals surface area (Å²) < 4.78 is 112. The van der Waals surface area contributed by atoms with Gasteiger partial charge in [0.2, 0.25) is 5.95 Å². The van der Waals surface area contributed by atoms with Crippen molar-refractivity contribution >= 4 is 34.2 Å². The Bertz CT molecular complexity index is 1640. The molecule has 1 aliphatic heterocycles. The van der Waals surface area contributed by atoms with Crippen molar-refractivity contribution in [2.45, 2.75) is 44.1 Å². The molecule has 4 aromatic rings. The molecule has 5 rings (SSSR count). The highest BCUT2D eigenvalue weighted by Gasteiger charge is 2.39. The minimum absolute atomic E-state index is 0.0813. The molecule has 0 radical (unpaired) electrons. The van der Waals surface area contributed by atoms with Crippen molar-refractivity contribution in [2.75, 3.05) is 23.3 Å². The highest BCUT2D eigenvalue weighted by molar-refractivity contribution is 5.97. The lowest BCUT2D eigenvalue weighted by Crippen LogP contribution is -2.40. The van der Waals surface area contributed by atoms with Gasteiger partial charge < -0.3 is 15.3 Å². The zero-order valence-electron chi connectivity index (χ0n) is 21.1. The number of nitrogens with zero attached hydrogens (tertiary/aromatic N) is 4. The Morgan fingerprint density at radius 2 is 1.68 bits per heavy atom. The number of hydrogen-bond acceptors (Lipinski definition) is 5. The Hall–Kier alpha value is -4.17. The van der Waals surface area contributed by atoms with Crippen LogP contribution in [0.4, 0.5) is 46.8 Å². The van der Waals surface area contributed by atoms with Crippen LogP contribution in [0, 0.1) is 0 Å². The molecule has 0 bridgehead atoms. The summed E-state index contributed by atoms with van der Waals surface area (Å²) in [5.74, 6) is -4.47. The lowest BCUT2D eigenvalue weighted by atomic mass is 9.99. The van der Waals surface area contributed by atoms with Crippen LogP contribution in [-0.2, 0) is 12.4 Å². The van der Waals surface area contributed by atoms with Crippen LogP contribution in [0.1, 0.15) is 53.0 Å². The average Bonchev–Trinajstić information content (AvgIpc) is 3.34. The third kappa shape index (κ3) is 5.44. The molecule has 3 heterocycles. The van der Waals surface area contributed by atoms with E-state index in [0.717, 1.165) is 10.5 Å². The van der Waals surface area contributed by atoms with E-state index >= 15 is 0 Å². The quantitative estimate of drug-likeness (QED) is 0.244. The molecule has 218 valence electrons. The van der Waals surface area contributed by atoms with Crippen LogP contribution in [0.25, 0.3) is 16.6 Å². The number of piperidine rings is 1. The Morgan fingerprint density at radius 1 is 1.02 bits per heavy atom. The number of benzene rings is 2. The largest absolute Gasteiger partial charge is 0.478 e. The number of nitrogens with one attached hydrogen (secondary N) is 1. The number of hydrogen-bond donors (Lipinski definition) is 2. The number of para-hydroxylation sites is 1. The van der Waals surface area contributed by atoms with Gasteiger partial charge in [0.15, 0.2) is 5.69 Å². The fourth-order valence-corrected chi connectivity index (χ4v) is 4.82. The van der Waals surface area contributed by atoms with Crippen LogP contribution in [0.5, 0.6) is 0 Å². The summed E-state index contributed by atoms with van der Waals surface area (Å²) in [5.41, 5.74) is -3.41. The Balaban J connectivity index is 1.77. The number of carboxylic acids is 1. The number of fused-ring (bicyclic) bond motifs is 3. The molecule has 1 atom stereocenters. The van der Waals surface area contributed by atoms with Crippen molar-refractivity contribution in [2.24, 2.45) is 0 Å². The van der Waals surface area contributed by atoms with Gasteiger partial charge in [0, 0.05) is 48.8 Å². The summed E-state index contributed by atoms with van der Waals surface area (Å²) in [7, 11) is 0. The fourth-order valence-electron chi connectivity index (χ4n) is 4.82. The molecule has 1 fully saturated rings. The zero-order chi connectivity index (χ0) is 29.9. The van der Waals surface area contributed by atoms with Crippen LogP contribution < -0.4 is 10.2 Å². The van der Waals surface area contributed by atoms with Gasteiger partial charge in [-0.25, -0.2) is 23.5 Å². The molecule has 1 unspecified atom stereocenters. The molecule has 0 amide bonds. The van der Waals surface area contributed by atoms with Crippen LogP contribution in [0.2, 0.25) is 0 Å². The van der Waals surface area contributed by atoms with Crippen molar-refractivity contribution < 1.29 is 45.0 Å². The minimum atomic E-state index is -4.95. The van der Waals surface area contributed by atoms with E-state index in [1.54, 1.807) is 0 Å². The smallest absolute Gasteiger partial charge is 0.434 e. The van der Waals surface area contributed by atoms with Crippen molar-refractivity contribution in [3.63, 3.8) is 0 Å². The Kier molecular flexibility index (Phi) is 6.73. The predicted molar refractivity (Wildman–Crippen MR) is 132 cm³/mol. The molecule has 2 aromatic heterocycles. The minimum Gasteiger partial charge on any atom is -0.478 e. The van der Waals surface area contributed by atoms with Gasteiger partial charge in [-0.05, 0) is 31.2 Å². The van der Waals surface area contributed by atoms with Crippen LogP contribution in [-0.4, -0.2) is 44.5 Å². The number of aromatic nitrogens is 3. The maximum Gasteiger partial charge on any atom is 0.434 e. The molecular formula is C26H21F8N5O2. The molecular weight excluding hydrogens is 566 g/mol. The first-order chi connectivity index (χ1) is 19.0. The lowest BCUT2D eigenvalue weighted by Gasteiger charge is -2.33. The molecule has 15 heteroatoms. The third-order valence-electron chi connectivity index (χ3n) is 6.91. The van der Waals surface area contributed by atoms with Crippen LogP contribution in [0.15, 0.2) is 42.6 Å². The highest BCUT2D eigenvalue weighted by Crippen LogP contribution is 2.40. The van der Waals surface area contributed by atoms with Gasteiger partial charge in [0.25, 0.3) is 5.92 Å². The van der Waals surface area contributed by atoms with Gasteiger partial charge >= 0.3 is 18.3 Å². The van der Waals surface area contributed by atoms with E-state index < -0.39 is 60.0 Å². The maximum atomic E-state index is 14.0. The summed E-state index contributed by atoms with van der Waals surface area (Å²) in [5, 5.41) is 12.0. The molecule has 7 nitrogen and oxygen atoms in total. The number of anilines is 2. The highest BCUT2D eigenvalue weighted by atomic mass is 19.4. The van der Waals surface area contributed by atoms with Crippen molar-refractivity contribution in [1.82, 2.24) is 14.4 Å². The molecule has 0 saturated carbocycles. The van der Waals surface area contributed by atoms with Gasteiger partial charge in [-0.2, -0.15) is 26.3 Å². The average molecular weight is 587 g/mol. The second-order valence-electron chi connectivity index (χ2n) is 9.75. The molecule has 2 aromatic carbocycles. The first kappa shape index (κ1) is 28.4. The fraction of sp³-hybridized carbons (Fsp3) is 0.346. The number of carboxylic acid groups (broad SMARTS) is 1. The maximum absolute atomic E-state index is 14.0. The summed E-state index contributed by atoms with van der Waals surface area (Å²) in [6, 6.07) is 6.05. The molecule has 0 spiro atoms. The third-order valence-corrected chi connectivity index (χ3v) is 6.91. The van der Waals surface area contributed by atoms with Gasteiger partial charge in [-0.15, -0.1) is 0 Å². The van der Waals surface area contributed by atoms with Crippen LogP contribution >= 0.6 is 0 Å². The summed E-state index contributed by atoms with van der Waals surface area (Å²) >= 11 is 0. The van der Waals surface area contributed by atoms with E-state index in [-0.39, 0.29) is 46.8 Å². The number of carbonyl (C=O) groups is 1. The van der Waals surface area contributed by atoms with E-state index in [1.165, 1.54) is 36.1 Å². The number of halogens is 8. The van der Waals surface area contributed by atoms with Gasteiger partial charge in [0.05, 0.1) is 22.7 Å². The van der Waals surface area contributed by atoms with Gasteiger partial charge in [-0.3, -0.25) is 4.40 Å². The lowest BCUT2D eigenvalue weighted by molar-refractivity contribution is -0.141. The summed E-state index contributed by atoms with van der Waals surface area (Å²) in [4.78, 5) is 21.0. The number of alkyl halides is 8. The molecule has 1 aliphatic rings. The topological polar surface area (TPSA) is 82.8 Å². The van der Waals surface area contributed by atoms with E-state index in [1.807, 2.05) is 0 Å². The SMILES string of the molecule is CC(Nc1ccccc1C(=O)O)c1cc(C(F)(F)F)cc2c1nc(N1CCC(F)(F)CC1)n1cc(C(F)(F)F)nc21. The van der Waals surface area contributed by atoms with E-state index in [4.69, 9.17) is 0 Å². The van der Waals surface area contributed by atoms with E-state index in [9.17, 15) is 45.0 Å². The molecule has 2 N–H and O–H groups in total. The van der Waals surface area contributed by atoms with E-state index in [0.29, 0.717) is 12.3 Å². The first-order valence-corrected chi connectivity index (χ1v) is 12.3. The number of aromatic carboxylic acids is 1. The summed E-state index contributed by atoms with van der Waals surface area (Å²) in [6.45, 7) is 0.902. The monoisotopic (exact) mass is 587 g/mol. The van der Waals surface area contributed by atoms with E-state index in [2.05, 4.69) is 15.3 Å². The predicted octanol–water partition coefficient (Wildman–Crippen LogP) is 7.03. The van der Waals surface area contributed by atoms with Crippen molar-refractivity contribution in [3.8, 4) is 0 Å². The zero-order valence-corrected chi connectivity index (χ0v) is 21.1. The van der Waals surface area contributed by atoms with Crippen molar-refractivity contribution in [1.29, 1.82) is 0 Å². The number of imidazole rings is 1. The second-order valence-corrected chi connectivity index (χ2v) is 9.75. The van der Waals surface area contributed by atoms with Gasteiger partial charge in [-0.1, -0.05) is 12.1 Å². The second kappa shape index (κ2) is 9.73.